The van der Waals surface area contributed by atoms with Crippen molar-refractivity contribution in [3.8, 4) is 16.2 Å². The number of nitrogens with one attached hydrogen (secondary N) is 1. The maximum atomic E-state index is 12.8. The van der Waals surface area contributed by atoms with Crippen molar-refractivity contribution in [1.29, 1.82) is 0 Å². The number of thiophene rings is 1. The first-order valence-electron chi connectivity index (χ1n) is 8.82. The zero-order valence-corrected chi connectivity index (χ0v) is 16.7. The van der Waals surface area contributed by atoms with Gasteiger partial charge in [-0.15, -0.1) is 11.3 Å². The first kappa shape index (κ1) is 19.1. The third-order valence-electron chi connectivity index (χ3n) is 4.58. The Bertz CT molecular complexity index is 1010. The lowest BCUT2D eigenvalue weighted by molar-refractivity contribution is -0.122. The van der Waals surface area contributed by atoms with Crippen molar-refractivity contribution < 1.29 is 9.53 Å². The SMILES string of the molecule is COc1ccc(-c2cc3ncn(CC(=O)NC(C)C(C)C)c(=O)c3s2)cc1. The Morgan fingerprint density at radius 1 is 1.26 bits per heavy atom. The van der Waals surface area contributed by atoms with Crippen LogP contribution in [0.5, 0.6) is 5.75 Å². The van der Waals surface area contributed by atoms with Crippen molar-refractivity contribution in [2.24, 2.45) is 5.92 Å². The molecule has 0 fully saturated rings. The van der Waals surface area contributed by atoms with Gasteiger partial charge in [0.05, 0.1) is 19.0 Å². The summed E-state index contributed by atoms with van der Waals surface area (Å²) in [4.78, 5) is 30.3. The second kappa shape index (κ2) is 7.92. The number of fused-ring (bicyclic) bond motifs is 1. The summed E-state index contributed by atoms with van der Waals surface area (Å²) in [7, 11) is 1.62. The van der Waals surface area contributed by atoms with E-state index in [0.717, 1.165) is 16.2 Å². The summed E-state index contributed by atoms with van der Waals surface area (Å²) in [6.45, 7) is 6.00. The van der Waals surface area contributed by atoms with E-state index in [0.29, 0.717) is 16.1 Å². The molecule has 0 aliphatic heterocycles. The molecule has 0 spiro atoms. The van der Waals surface area contributed by atoms with Crippen LogP contribution in [-0.4, -0.2) is 28.6 Å². The molecule has 0 radical (unpaired) electrons. The van der Waals surface area contributed by atoms with Crippen molar-refractivity contribution in [3.63, 3.8) is 0 Å². The number of aromatic nitrogens is 2. The van der Waals surface area contributed by atoms with E-state index in [1.165, 1.54) is 22.2 Å². The van der Waals surface area contributed by atoms with Crippen LogP contribution in [0.25, 0.3) is 20.7 Å². The predicted molar refractivity (Wildman–Crippen MR) is 108 cm³/mol. The number of amides is 1. The van der Waals surface area contributed by atoms with Gasteiger partial charge >= 0.3 is 0 Å². The summed E-state index contributed by atoms with van der Waals surface area (Å²) in [5, 5.41) is 2.91. The van der Waals surface area contributed by atoms with Gasteiger partial charge in [-0.1, -0.05) is 13.8 Å². The number of carbonyl (C=O) groups is 1. The normalized spacial score (nSPS) is 12.3. The summed E-state index contributed by atoms with van der Waals surface area (Å²) < 4.78 is 7.09. The highest BCUT2D eigenvalue weighted by molar-refractivity contribution is 7.22. The lowest BCUT2D eigenvalue weighted by Gasteiger charge is -2.17. The van der Waals surface area contributed by atoms with Gasteiger partial charge in [0, 0.05) is 10.9 Å². The molecule has 0 aliphatic rings. The highest BCUT2D eigenvalue weighted by Crippen LogP contribution is 2.31. The molecule has 1 aromatic carbocycles. The van der Waals surface area contributed by atoms with Crippen molar-refractivity contribution in [1.82, 2.24) is 14.9 Å². The fourth-order valence-electron chi connectivity index (χ4n) is 2.58. The van der Waals surface area contributed by atoms with Crippen LogP contribution in [0.3, 0.4) is 0 Å². The highest BCUT2D eigenvalue weighted by Gasteiger charge is 2.14. The first-order chi connectivity index (χ1) is 12.9. The Labute approximate surface area is 161 Å². The molecule has 27 heavy (non-hydrogen) atoms. The minimum absolute atomic E-state index is 0.0331. The Morgan fingerprint density at radius 2 is 1.96 bits per heavy atom. The molecule has 3 aromatic rings. The lowest BCUT2D eigenvalue weighted by atomic mass is 10.1. The topological polar surface area (TPSA) is 73.2 Å². The highest BCUT2D eigenvalue weighted by atomic mass is 32.1. The number of hydrogen-bond acceptors (Lipinski definition) is 5. The number of nitrogens with zero attached hydrogens (tertiary/aromatic N) is 2. The molecular formula is C20H23N3O3S. The molecule has 1 unspecified atom stereocenters. The van der Waals surface area contributed by atoms with Crippen molar-refractivity contribution in [2.75, 3.05) is 7.11 Å². The number of rotatable bonds is 6. The smallest absolute Gasteiger partial charge is 0.271 e. The van der Waals surface area contributed by atoms with Crippen LogP contribution in [0.2, 0.25) is 0 Å². The van der Waals surface area contributed by atoms with Crippen LogP contribution in [0, 0.1) is 5.92 Å². The minimum atomic E-state index is -0.197. The van der Waals surface area contributed by atoms with Gasteiger partial charge in [0.2, 0.25) is 5.91 Å². The summed E-state index contributed by atoms with van der Waals surface area (Å²) in [6.07, 6.45) is 1.44. The third-order valence-corrected chi connectivity index (χ3v) is 5.74. The van der Waals surface area contributed by atoms with Crippen LogP contribution in [0.1, 0.15) is 20.8 Å². The molecule has 0 saturated carbocycles. The van der Waals surface area contributed by atoms with Crippen LogP contribution in [0.4, 0.5) is 0 Å². The van der Waals surface area contributed by atoms with E-state index in [-0.39, 0.29) is 24.1 Å². The Morgan fingerprint density at radius 3 is 2.59 bits per heavy atom. The van der Waals surface area contributed by atoms with Gasteiger partial charge in [-0.05, 0) is 48.7 Å². The van der Waals surface area contributed by atoms with E-state index in [1.807, 2.05) is 51.1 Å². The molecular weight excluding hydrogens is 362 g/mol. The number of carbonyl (C=O) groups excluding carboxylic acids is 1. The Balaban J connectivity index is 1.86. The van der Waals surface area contributed by atoms with Crippen LogP contribution in [-0.2, 0) is 11.3 Å². The molecule has 0 bridgehead atoms. The number of hydrogen-bond donors (Lipinski definition) is 1. The standard InChI is InChI=1S/C20H23N3O3S/c1-12(2)13(3)22-18(24)10-23-11-21-16-9-17(27-19(16)20(23)25)14-5-7-15(26-4)8-6-14/h5-9,11-13H,10H2,1-4H3,(H,22,24). The zero-order chi connectivity index (χ0) is 19.6. The number of benzene rings is 1. The van der Waals surface area contributed by atoms with Crippen LogP contribution in [0.15, 0.2) is 41.5 Å². The molecule has 0 aliphatic carbocycles. The molecule has 7 heteroatoms. The quantitative estimate of drug-likeness (QED) is 0.707. The summed E-state index contributed by atoms with van der Waals surface area (Å²) >= 11 is 1.38. The van der Waals surface area contributed by atoms with E-state index >= 15 is 0 Å². The van der Waals surface area contributed by atoms with E-state index in [9.17, 15) is 9.59 Å². The largest absolute Gasteiger partial charge is 0.497 e. The first-order valence-corrected chi connectivity index (χ1v) is 9.63. The maximum Gasteiger partial charge on any atom is 0.271 e. The van der Waals surface area contributed by atoms with E-state index in [1.54, 1.807) is 7.11 Å². The molecule has 2 aromatic heterocycles. The van der Waals surface area contributed by atoms with Crippen molar-refractivity contribution in [2.45, 2.75) is 33.4 Å². The van der Waals surface area contributed by atoms with Gasteiger partial charge in [-0.25, -0.2) is 4.98 Å². The van der Waals surface area contributed by atoms with Crippen molar-refractivity contribution >= 4 is 27.5 Å². The summed E-state index contributed by atoms with van der Waals surface area (Å²) in [5.41, 5.74) is 1.44. The van der Waals surface area contributed by atoms with E-state index in [4.69, 9.17) is 4.74 Å². The average Bonchev–Trinajstić information content (AvgIpc) is 3.09. The maximum absolute atomic E-state index is 12.8. The van der Waals surface area contributed by atoms with Gasteiger partial charge in [0.25, 0.3) is 5.56 Å². The molecule has 142 valence electrons. The molecule has 1 N–H and O–H groups in total. The zero-order valence-electron chi connectivity index (χ0n) is 15.9. The van der Waals surface area contributed by atoms with Gasteiger partial charge < -0.3 is 10.1 Å². The van der Waals surface area contributed by atoms with Gasteiger partial charge in [0.1, 0.15) is 17.0 Å². The summed E-state index contributed by atoms with van der Waals surface area (Å²) in [5.74, 6) is 0.920. The van der Waals surface area contributed by atoms with E-state index < -0.39 is 0 Å². The Hall–Kier alpha value is -2.67. The average molecular weight is 385 g/mol. The molecule has 1 amide bonds. The van der Waals surface area contributed by atoms with E-state index in [2.05, 4.69) is 10.3 Å². The monoisotopic (exact) mass is 385 g/mol. The predicted octanol–water partition coefficient (Wildman–Crippen LogP) is 3.29. The Kier molecular flexibility index (Phi) is 5.60. The second-order valence-corrected chi connectivity index (χ2v) is 7.88. The molecule has 0 saturated heterocycles. The van der Waals surface area contributed by atoms with Gasteiger partial charge in [-0.3, -0.25) is 14.2 Å². The van der Waals surface area contributed by atoms with Crippen LogP contribution >= 0.6 is 11.3 Å². The number of methoxy groups -OCH3 is 1. The fourth-order valence-corrected chi connectivity index (χ4v) is 3.64. The molecule has 2 heterocycles. The van der Waals surface area contributed by atoms with Gasteiger partial charge in [0.15, 0.2) is 0 Å². The van der Waals surface area contributed by atoms with Gasteiger partial charge in [-0.2, -0.15) is 0 Å². The van der Waals surface area contributed by atoms with Crippen molar-refractivity contribution in [3.05, 3.63) is 47.0 Å². The number of ether oxygens (including phenoxy) is 1. The molecule has 1 atom stereocenters. The lowest BCUT2D eigenvalue weighted by Crippen LogP contribution is -2.39. The third kappa shape index (κ3) is 4.19. The minimum Gasteiger partial charge on any atom is -0.497 e. The fraction of sp³-hybridized carbons (Fsp3) is 0.350. The molecule has 3 rings (SSSR count). The molecule has 6 nitrogen and oxygen atoms in total. The summed E-state index contributed by atoms with van der Waals surface area (Å²) in [6, 6.07) is 9.60. The van der Waals surface area contributed by atoms with Crippen LogP contribution < -0.4 is 15.6 Å². The second-order valence-electron chi connectivity index (χ2n) is 6.83.